The van der Waals surface area contributed by atoms with E-state index in [1.54, 1.807) is 0 Å². The van der Waals surface area contributed by atoms with Gasteiger partial charge in [0.25, 0.3) is 0 Å². The summed E-state index contributed by atoms with van der Waals surface area (Å²) in [7, 11) is 0. The lowest BCUT2D eigenvalue weighted by Crippen LogP contribution is -1.94. The van der Waals surface area contributed by atoms with Gasteiger partial charge in [0.05, 0.1) is 0 Å². The van der Waals surface area contributed by atoms with Crippen molar-refractivity contribution in [3.63, 3.8) is 0 Å². The number of hydrogen-bond donors (Lipinski definition) is 0. The van der Waals surface area contributed by atoms with Crippen LogP contribution in [0.15, 0.2) is 218 Å². The van der Waals surface area contributed by atoms with Crippen LogP contribution in [0.2, 0.25) is 0 Å². The van der Waals surface area contributed by atoms with Crippen LogP contribution in [0.3, 0.4) is 0 Å². The van der Waals surface area contributed by atoms with E-state index < -0.39 is 0 Å². The molecule has 2 aliphatic carbocycles. The summed E-state index contributed by atoms with van der Waals surface area (Å²) in [5.41, 5.74) is 22.9. The van der Waals surface area contributed by atoms with E-state index in [4.69, 9.17) is 0 Å². The summed E-state index contributed by atoms with van der Waals surface area (Å²) in [5.74, 6) is 0. The second-order valence-corrected chi connectivity index (χ2v) is 16.6. The van der Waals surface area contributed by atoms with Crippen molar-refractivity contribution in [1.29, 1.82) is 0 Å². The molecule has 286 valence electrons. The van der Waals surface area contributed by atoms with E-state index in [2.05, 4.69) is 231 Å². The van der Waals surface area contributed by atoms with Crippen LogP contribution in [0.1, 0.15) is 11.1 Å². The number of rotatable bonds is 6. The summed E-state index contributed by atoms with van der Waals surface area (Å²) in [6, 6.07) is 80.6. The quantitative estimate of drug-likeness (QED) is 0.147. The highest BCUT2D eigenvalue weighted by Crippen LogP contribution is 2.59. The first kappa shape index (κ1) is 34.8. The molecule has 2 aliphatic rings. The minimum atomic E-state index is 1.20. The molecule has 0 amide bonds. The van der Waals surface area contributed by atoms with Crippen molar-refractivity contribution in [2.45, 2.75) is 0 Å². The molecule has 0 atom stereocenters. The van der Waals surface area contributed by atoms with Gasteiger partial charge in [-0.25, -0.2) is 0 Å². The van der Waals surface area contributed by atoms with Crippen LogP contribution in [-0.4, -0.2) is 0 Å². The zero-order valence-corrected chi connectivity index (χ0v) is 33.9. The lowest BCUT2D eigenvalue weighted by atomic mass is 9.82. The third kappa shape index (κ3) is 5.08. The Bertz CT molecular complexity index is 3540. The second kappa shape index (κ2) is 13.7. The Labute approximate surface area is 361 Å². The smallest absolute Gasteiger partial charge is 0.000741 e. The third-order valence-electron chi connectivity index (χ3n) is 13.3. The van der Waals surface area contributed by atoms with Crippen molar-refractivity contribution >= 4 is 44.5 Å². The SMILES string of the molecule is C(=Cc1ccc2c3c(cccc13)-c1c-2c(-c2ccccc2)c2ccccc2c1-c1ccccc1)c1cc(-c2ccccc2)c2c(c1-c1ccccc1)-c1cccc3cccc-2c13. The molecule has 11 aromatic carbocycles. The van der Waals surface area contributed by atoms with E-state index in [-0.39, 0.29) is 0 Å². The van der Waals surface area contributed by atoms with E-state index in [0.29, 0.717) is 0 Å². The van der Waals surface area contributed by atoms with Gasteiger partial charge in [-0.15, -0.1) is 0 Å². The maximum absolute atomic E-state index is 2.44. The Morgan fingerprint density at radius 2 is 0.645 bits per heavy atom. The number of fused-ring (bicyclic) bond motifs is 7. The largest absolute Gasteiger partial charge is 0.0622 e. The highest BCUT2D eigenvalue weighted by atomic mass is 14.3. The van der Waals surface area contributed by atoms with Crippen LogP contribution in [0, 0.1) is 0 Å². The molecule has 0 bridgehead atoms. The summed E-state index contributed by atoms with van der Waals surface area (Å²) in [5, 5.41) is 7.75. The fraction of sp³-hybridized carbons (Fsp3) is 0. The lowest BCUT2D eigenvalue weighted by molar-refractivity contribution is 1.57. The summed E-state index contributed by atoms with van der Waals surface area (Å²) < 4.78 is 0. The fourth-order valence-corrected chi connectivity index (χ4v) is 10.9. The van der Waals surface area contributed by atoms with E-state index in [0.717, 1.165) is 0 Å². The highest BCUT2D eigenvalue weighted by molar-refractivity contribution is 6.28. The molecule has 0 aromatic heterocycles. The third-order valence-corrected chi connectivity index (χ3v) is 13.3. The summed E-state index contributed by atoms with van der Waals surface area (Å²) in [6.07, 6.45) is 4.74. The second-order valence-electron chi connectivity index (χ2n) is 16.6. The monoisotopic (exact) mass is 782 g/mol. The molecule has 0 heteroatoms. The Kier molecular flexibility index (Phi) is 7.71. The highest BCUT2D eigenvalue weighted by Gasteiger charge is 2.32. The van der Waals surface area contributed by atoms with Crippen LogP contribution < -0.4 is 0 Å². The normalized spacial score (nSPS) is 12.1. The van der Waals surface area contributed by atoms with Crippen molar-refractivity contribution in [3.8, 4) is 89.0 Å². The first-order chi connectivity index (χ1) is 30.8. The van der Waals surface area contributed by atoms with Gasteiger partial charge in [0, 0.05) is 0 Å². The fourth-order valence-electron chi connectivity index (χ4n) is 10.9. The molecule has 0 saturated carbocycles. The summed E-state index contributed by atoms with van der Waals surface area (Å²) in [4.78, 5) is 0. The topological polar surface area (TPSA) is 0 Å². The van der Waals surface area contributed by atoms with E-state index in [1.807, 2.05) is 0 Å². The minimum Gasteiger partial charge on any atom is -0.0622 e. The van der Waals surface area contributed by atoms with Gasteiger partial charge in [-0.05, 0) is 139 Å². The maximum atomic E-state index is 2.44. The predicted octanol–water partition coefficient (Wildman–Crippen LogP) is 17.3. The van der Waals surface area contributed by atoms with Crippen LogP contribution in [0.25, 0.3) is 133 Å². The predicted molar refractivity (Wildman–Crippen MR) is 265 cm³/mol. The lowest BCUT2D eigenvalue weighted by Gasteiger charge is -2.20. The molecule has 0 unspecified atom stereocenters. The molecule has 0 spiro atoms. The van der Waals surface area contributed by atoms with Gasteiger partial charge in [-0.1, -0.05) is 224 Å². The van der Waals surface area contributed by atoms with Crippen molar-refractivity contribution < 1.29 is 0 Å². The van der Waals surface area contributed by atoms with Crippen LogP contribution in [0.4, 0.5) is 0 Å². The number of hydrogen-bond acceptors (Lipinski definition) is 0. The van der Waals surface area contributed by atoms with Gasteiger partial charge >= 0.3 is 0 Å². The van der Waals surface area contributed by atoms with E-state index >= 15 is 0 Å². The molecule has 13 rings (SSSR count). The Morgan fingerprint density at radius 3 is 1.23 bits per heavy atom. The zero-order valence-electron chi connectivity index (χ0n) is 33.9. The van der Waals surface area contributed by atoms with E-state index in [1.165, 1.54) is 132 Å². The van der Waals surface area contributed by atoms with Crippen LogP contribution >= 0.6 is 0 Å². The van der Waals surface area contributed by atoms with Crippen molar-refractivity contribution in [1.82, 2.24) is 0 Å². The zero-order chi connectivity index (χ0) is 40.7. The maximum Gasteiger partial charge on any atom is -0.000741 e. The van der Waals surface area contributed by atoms with Gasteiger partial charge < -0.3 is 0 Å². The summed E-state index contributed by atoms with van der Waals surface area (Å²) >= 11 is 0. The minimum absolute atomic E-state index is 1.20. The van der Waals surface area contributed by atoms with Gasteiger partial charge in [-0.2, -0.15) is 0 Å². The molecule has 0 N–H and O–H groups in total. The van der Waals surface area contributed by atoms with Gasteiger partial charge in [0.15, 0.2) is 0 Å². The Morgan fingerprint density at radius 1 is 0.226 bits per heavy atom. The molecule has 0 radical (unpaired) electrons. The van der Waals surface area contributed by atoms with Crippen LogP contribution in [-0.2, 0) is 0 Å². The summed E-state index contributed by atoms with van der Waals surface area (Å²) in [6.45, 7) is 0. The van der Waals surface area contributed by atoms with Crippen LogP contribution in [0.5, 0.6) is 0 Å². The average molecular weight is 783 g/mol. The molecular formula is C62H38. The van der Waals surface area contributed by atoms with Crippen molar-refractivity contribution in [2.75, 3.05) is 0 Å². The molecule has 62 heavy (non-hydrogen) atoms. The van der Waals surface area contributed by atoms with Gasteiger partial charge in [0.2, 0.25) is 0 Å². The first-order valence-electron chi connectivity index (χ1n) is 21.6. The van der Waals surface area contributed by atoms with Crippen molar-refractivity contribution in [3.05, 3.63) is 230 Å². The first-order valence-corrected chi connectivity index (χ1v) is 21.6. The average Bonchev–Trinajstić information content (AvgIpc) is 3.86. The molecule has 0 heterocycles. The molecule has 0 saturated heterocycles. The molecule has 11 aromatic rings. The molecular weight excluding hydrogens is 745 g/mol. The molecule has 0 nitrogen and oxygen atoms in total. The number of benzene rings is 11. The molecule has 0 aliphatic heterocycles. The van der Waals surface area contributed by atoms with Gasteiger partial charge in [-0.3, -0.25) is 0 Å². The van der Waals surface area contributed by atoms with Gasteiger partial charge in [0.1, 0.15) is 0 Å². The van der Waals surface area contributed by atoms with Crippen molar-refractivity contribution in [2.24, 2.45) is 0 Å². The standard InChI is InChI=1S/C62H38/c1-5-18-39(19-6-1)53-38-45(54(41-20-7-2-8-21-41)60-50-32-16-27-42-26-15-31-49(55(42)50)59(53)60)35-34-40-36-37-52-58-46(40)30-17-33-51(58)61-56(43-22-9-3-10-23-43)47-28-13-14-29-48(47)57(62(52)61)44-24-11-4-12-25-44/h1-38H. The molecule has 0 fully saturated rings. The Hall–Kier alpha value is -8.06. The Balaban J connectivity index is 1.08. The van der Waals surface area contributed by atoms with E-state index in [9.17, 15) is 0 Å².